The molecule has 2 atom stereocenters. The number of nitrogens with zero attached hydrogens (tertiary/aromatic N) is 4. The van der Waals surface area contributed by atoms with Crippen LogP contribution in [0.25, 0.3) is 0 Å². The highest BCUT2D eigenvalue weighted by Gasteiger charge is 2.48. The van der Waals surface area contributed by atoms with Crippen LogP contribution in [0.2, 0.25) is 0 Å². The van der Waals surface area contributed by atoms with Crippen molar-refractivity contribution in [1.82, 2.24) is 25.1 Å². The summed E-state index contributed by atoms with van der Waals surface area (Å²) >= 11 is 0. The van der Waals surface area contributed by atoms with Crippen LogP contribution in [0.5, 0.6) is 0 Å². The maximum Gasteiger partial charge on any atom is 0.334 e. The van der Waals surface area contributed by atoms with Crippen LogP contribution in [0.3, 0.4) is 0 Å². The normalized spacial score (nSPS) is 18.4. The SMILES string of the molecule is C=C1[C@H](Cc2ccccc2)N2C(=O)CN(C)N(C(=O)NCc3ccccc3)[C@H]2CN1CC(c1ccccc1)c1ccccc1.O. The van der Waals surface area contributed by atoms with E-state index in [2.05, 4.69) is 77.5 Å². The Bertz CT molecular complexity index is 1530. The molecule has 232 valence electrons. The van der Waals surface area contributed by atoms with Gasteiger partial charge in [-0.05, 0) is 28.7 Å². The van der Waals surface area contributed by atoms with Crippen LogP contribution >= 0.6 is 0 Å². The molecule has 45 heavy (non-hydrogen) atoms. The first-order valence-electron chi connectivity index (χ1n) is 15.2. The summed E-state index contributed by atoms with van der Waals surface area (Å²) in [6, 6.07) is 40.6. The smallest absolute Gasteiger partial charge is 0.334 e. The lowest BCUT2D eigenvalue weighted by atomic mass is 9.89. The second-order valence-electron chi connectivity index (χ2n) is 11.6. The first-order chi connectivity index (χ1) is 21.5. The van der Waals surface area contributed by atoms with Crippen molar-refractivity contribution in [2.24, 2.45) is 0 Å². The molecule has 2 fully saturated rings. The first-order valence-corrected chi connectivity index (χ1v) is 15.2. The van der Waals surface area contributed by atoms with Crippen LogP contribution in [0.1, 0.15) is 28.2 Å². The van der Waals surface area contributed by atoms with E-state index in [0.29, 0.717) is 26.1 Å². The standard InChI is InChI=1S/C37H39N5O2.H2O/c1-28-34(23-29-15-7-3-8-16-29)41-35(42(39(2)27-36(41)43)37(44)38-24-30-17-9-4-10-18-30)26-40(28)25-33(31-19-11-5-12-20-31)32-21-13-6-14-22-32;/h3-22,33-35H,1,23-27H2,2H3,(H,38,44);1H2/t34-,35-;/m0./s1. The molecule has 0 radical (unpaired) electrons. The molecule has 0 spiro atoms. The van der Waals surface area contributed by atoms with Gasteiger partial charge in [-0.2, -0.15) is 0 Å². The fraction of sp³-hybridized carbons (Fsp3) is 0.243. The van der Waals surface area contributed by atoms with E-state index in [4.69, 9.17) is 0 Å². The van der Waals surface area contributed by atoms with Gasteiger partial charge in [0.2, 0.25) is 5.91 Å². The average Bonchev–Trinajstić information content (AvgIpc) is 3.06. The summed E-state index contributed by atoms with van der Waals surface area (Å²) in [5, 5.41) is 6.57. The summed E-state index contributed by atoms with van der Waals surface area (Å²) in [5.41, 5.74) is 5.45. The van der Waals surface area contributed by atoms with Crippen LogP contribution in [0, 0.1) is 0 Å². The van der Waals surface area contributed by atoms with Crippen LogP contribution in [-0.2, 0) is 17.8 Å². The van der Waals surface area contributed by atoms with Gasteiger partial charge < -0.3 is 20.6 Å². The maximum atomic E-state index is 13.9. The number of rotatable bonds is 8. The van der Waals surface area contributed by atoms with E-state index in [1.165, 1.54) is 11.1 Å². The van der Waals surface area contributed by atoms with E-state index in [9.17, 15) is 9.59 Å². The number of carbonyl (C=O) groups excluding carboxylic acids is 2. The second kappa shape index (κ2) is 14.2. The lowest BCUT2D eigenvalue weighted by Crippen LogP contribution is -2.74. The number of fused-ring (bicyclic) bond motifs is 1. The van der Waals surface area contributed by atoms with Crippen molar-refractivity contribution >= 4 is 11.9 Å². The predicted molar refractivity (Wildman–Crippen MR) is 177 cm³/mol. The molecule has 2 aliphatic rings. The van der Waals surface area contributed by atoms with E-state index >= 15 is 0 Å². The predicted octanol–water partition coefficient (Wildman–Crippen LogP) is 4.66. The highest BCUT2D eigenvalue weighted by molar-refractivity contribution is 5.83. The fourth-order valence-electron chi connectivity index (χ4n) is 6.48. The molecule has 3 amide bonds. The minimum atomic E-state index is -0.497. The molecule has 0 bridgehead atoms. The molecule has 0 saturated carbocycles. The van der Waals surface area contributed by atoms with E-state index in [1.807, 2.05) is 72.6 Å². The zero-order valence-corrected chi connectivity index (χ0v) is 25.6. The van der Waals surface area contributed by atoms with Gasteiger partial charge in [0.15, 0.2) is 0 Å². The number of urea groups is 1. The summed E-state index contributed by atoms with van der Waals surface area (Å²) in [6.07, 6.45) is 0.117. The van der Waals surface area contributed by atoms with E-state index in [1.54, 1.807) is 10.0 Å². The van der Waals surface area contributed by atoms with E-state index < -0.39 is 6.17 Å². The van der Waals surface area contributed by atoms with Crippen LogP contribution < -0.4 is 5.32 Å². The summed E-state index contributed by atoms with van der Waals surface area (Å²) < 4.78 is 0. The number of nitrogens with one attached hydrogen (secondary N) is 1. The summed E-state index contributed by atoms with van der Waals surface area (Å²) in [6.45, 7) is 6.24. The molecule has 4 aromatic carbocycles. The van der Waals surface area contributed by atoms with Crippen molar-refractivity contribution in [1.29, 1.82) is 0 Å². The van der Waals surface area contributed by atoms with Crippen LogP contribution in [0.4, 0.5) is 4.79 Å². The van der Waals surface area contributed by atoms with Crippen LogP contribution in [0.15, 0.2) is 134 Å². The Labute approximate surface area is 265 Å². The Balaban J connectivity index is 0.00000400. The number of amides is 3. The largest absolute Gasteiger partial charge is 0.412 e. The summed E-state index contributed by atoms with van der Waals surface area (Å²) in [7, 11) is 1.81. The first kappa shape index (κ1) is 31.5. The van der Waals surface area contributed by atoms with Gasteiger partial charge in [0, 0.05) is 31.8 Å². The van der Waals surface area contributed by atoms with Gasteiger partial charge in [0.25, 0.3) is 0 Å². The van der Waals surface area contributed by atoms with Crippen molar-refractivity contribution in [2.75, 3.05) is 26.7 Å². The molecule has 2 heterocycles. The molecule has 4 aromatic rings. The number of likely N-dealkylation sites (N-methyl/N-ethyl adjacent to an activating group) is 1. The zero-order valence-electron chi connectivity index (χ0n) is 25.6. The highest BCUT2D eigenvalue weighted by Crippen LogP contribution is 2.35. The average molecular weight is 604 g/mol. The second-order valence-corrected chi connectivity index (χ2v) is 11.6. The Morgan fingerprint density at radius 3 is 1.89 bits per heavy atom. The Morgan fingerprint density at radius 1 is 0.822 bits per heavy atom. The quantitative estimate of drug-likeness (QED) is 0.317. The number of benzene rings is 4. The third kappa shape index (κ3) is 6.93. The van der Waals surface area contributed by atoms with Gasteiger partial charge in [-0.25, -0.2) is 14.8 Å². The van der Waals surface area contributed by atoms with E-state index in [0.717, 1.165) is 16.8 Å². The summed E-state index contributed by atoms with van der Waals surface area (Å²) in [4.78, 5) is 31.8. The van der Waals surface area contributed by atoms with Crippen LogP contribution in [-0.4, -0.2) is 76.1 Å². The number of piperazine rings is 1. The highest BCUT2D eigenvalue weighted by atomic mass is 16.2. The summed E-state index contributed by atoms with van der Waals surface area (Å²) in [5.74, 6) is 0.0736. The molecule has 8 heteroatoms. The number of hydrogen-bond donors (Lipinski definition) is 1. The Kier molecular flexibility index (Phi) is 9.97. The Morgan fingerprint density at radius 2 is 1.33 bits per heavy atom. The van der Waals surface area contributed by atoms with Crippen molar-refractivity contribution in [3.63, 3.8) is 0 Å². The van der Waals surface area contributed by atoms with Crippen molar-refractivity contribution in [3.05, 3.63) is 156 Å². The van der Waals surface area contributed by atoms with Gasteiger partial charge >= 0.3 is 6.03 Å². The Hall–Kier alpha value is -4.92. The third-order valence-corrected chi connectivity index (χ3v) is 8.71. The molecule has 0 unspecified atom stereocenters. The number of hydrazine groups is 1. The molecule has 2 aliphatic heterocycles. The van der Waals surface area contributed by atoms with Gasteiger partial charge in [-0.1, -0.05) is 128 Å². The monoisotopic (exact) mass is 603 g/mol. The van der Waals surface area contributed by atoms with Gasteiger partial charge in [0.05, 0.1) is 19.1 Å². The number of hydrogen-bond acceptors (Lipinski definition) is 4. The third-order valence-electron chi connectivity index (χ3n) is 8.71. The minimum absolute atomic E-state index is 0. The molecular formula is C37H41N5O3. The molecule has 2 saturated heterocycles. The molecule has 0 aliphatic carbocycles. The van der Waals surface area contributed by atoms with Gasteiger partial charge in [-0.3, -0.25) is 4.79 Å². The molecule has 0 aromatic heterocycles. The lowest BCUT2D eigenvalue weighted by molar-refractivity contribution is -0.174. The van der Waals surface area contributed by atoms with E-state index in [-0.39, 0.29) is 35.9 Å². The number of carbonyl (C=O) groups is 2. The molecule has 6 rings (SSSR count). The van der Waals surface area contributed by atoms with Crippen molar-refractivity contribution in [3.8, 4) is 0 Å². The lowest BCUT2D eigenvalue weighted by Gasteiger charge is -2.56. The van der Waals surface area contributed by atoms with Crippen molar-refractivity contribution < 1.29 is 15.1 Å². The minimum Gasteiger partial charge on any atom is -0.412 e. The molecule has 3 N–H and O–H groups in total. The molecule has 8 nitrogen and oxygen atoms in total. The zero-order chi connectivity index (χ0) is 30.5. The maximum absolute atomic E-state index is 13.9. The topological polar surface area (TPSA) is 90.6 Å². The van der Waals surface area contributed by atoms with Crippen molar-refractivity contribution in [2.45, 2.75) is 31.1 Å². The van der Waals surface area contributed by atoms with Gasteiger partial charge in [-0.15, -0.1) is 0 Å². The molecular weight excluding hydrogens is 562 g/mol. The van der Waals surface area contributed by atoms with Gasteiger partial charge in [0.1, 0.15) is 6.17 Å². The fourth-order valence-corrected chi connectivity index (χ4v) is 6.48.